The fourth-order valence-electron chi connectivity index (χ4n) is 2.00. The number of hydrogen-bond acceptors (Lipinski definition) is 1. The molecule has 2 rings (SSSR count). The smallest absolute Gasteiger partial charge is 0.324 e. The summed E-state index contributed by atoms with van der Waals surface area (Å²) in [5, 5.41) is 0.350. The highest BCUT2D eigenvalue weighted by Gasteiger charge is 2.30. The molecule has 0 radical (unpaired) electrons. The first-order valence-corrected chi connectivity index (χ1v) is 6.52. The highest BCUT2D eigenvalue weighted by molar-refractivity contribution is 6.30. The number of hydrogen-bond donors (Lipinski definition) is 1. The van der Waals surface area contributed by atoms with Gasteiger partial charge in [-0.15, -0.1) is 0 Å². The Labute approximate surface area is 124 Å². The second-order valence-corrected chi connectivity index (χ2v) is 5.11. The number of rotatable bonds is 3. The summed E-state index contributed by atoms with van der Waals surface area (Å²) >= 11 is 5.78. The second kappa shape index (κ2) is 6.03. The molecule has 2 aromatic rings. The van der Waals surface area contributed by atoms with Crippen molar-refractivity contribution in [1.82, 2.24) is 0 Å². The maximum absolute atomic E-state index is 13.6. The van der Waals surface area contributed by atoms with Crippen LogP contribution in [0, 0.1) is 5.82 Å². The molecule has 2 N–H and O–H groups in total. The summed E-state index contributed by atoms with van der Waals surface area (Å²) in [6.45, 7) is 0. The molecule has 21 heavy (non-hydrogen) atoms. The lowest BCUT2D eigenvalue weighted by Gasteiger charge is -2.15. The molecule has 0 fully saturated rings. The first-order chi connectivity index (χ1) is 9.77. The van der Waals surface area contributed by atoms with Crippen LogP contribution in [0.25, 0.3) is 0 Å². The molecule has 6 heteroatoms. The number of alkyl halides is 3. The Hall–Kier alpha value is -1.59. The Morgan fingerprint density at radius 1 is 1.10 bits per heavy atom. The van der Waals surface area contributed by atoms with E-state index in [2.05, 4.69) is 0 Å². The molecule has 2 aromatic carbocycles. The topological polar surface area (TPSA) is 26.0 Å². The van der Waals surface area contributed by atoms with Gasteiger partial charge in [-0.3, -0.25) is 0 Å². The van der Waals surface area contributed by atoms with Gasteiger partial charge in [0.05, 0.1) is 5.56 Å². The molecular formula is C15H12ClF4N. The predicted molar refractivity (Wildman–Crippen MR) is 73.5 cm³/mol. The van der Waals surface area contributed by atoms with E-state index in [9.17, 15) is 17.6 Å². The molecule has 0 bridgehead atoms. The minimum atomic E-state index is -4.43. The van der Waals surface area contributed by atoms with E-state index in [4.69, 9.17) is 17.3 Å². The van der Waals surface area contributed by atoms with Crippen LogP contribution in [0.4, 0.5) is 17.6 Å². The molecule has 0 aliphatic carbocycles. The van der Waals surface area contributed by atoms with Crippen LogP contribution in [0.2, 0.25) is 5.02 Å². The lowest BCUT2D eigenvalue weighted by atomic mass is 9.98. The fourth-order valence-corrected chi connectivity index (χ4v) is 2.19. The van der Waals surface area contributed by atoms with Crippen LogP contribution >= 0.6 is 11.6 Å². The van der Waals surface area contributed by atoms with Crippen molar-refractivity contribution in [2.75, 3.05) is 0 Å². The highest BCUT2D eigenvalue weighted by atomic mass is 35.5. The van der Waals surface area contributed by atoms with Crippen LogP contribution in [0.1, 0.15) is 22.7 Å². The van der Waals surface area contributed by atoms with Crippen LogP contribution in [0.3, 0.4) is 0 Å². The van der Waals surface area contributed by atoms with Gasteiger partial charge in [0.25, 0.3) is 0 Å². The zero-order chi connectivity index (χ0) is 15.6. The summed E-state index contributed by atoms with van der Waals surface area (Å²) in [6, 6.07) is 8.00. The minimum Gasteiger partial charge on any atom is -0.324 e. The van der Waals surface area contributed by atoms with E-state index in [0.717, 1.165) is 12.1 Å². The molecule has 1 unspecified atom stereocenters. The highest BCUT2D eigenvalue weighted by Crippen LogP contribution is 2.31. The standard InChI is InChI=1S/C15H12ClF4N/c16-12-4-5-13(17)10(7-12)8-14(21)9-2-1-3-11(6-9)15(18,19)20/h1-7,14H,8,21H2. The summed E-state index contributed by atoms with van der Waals surface area (Å²) < 4.78 is 51.6. The van der Waals surface area contributed by atoms with Crippen molar-refractivity contribution in [2.45, 2.75) is 18.6 Å². The number of halogens is 5. The quantitative estimate of drug-likeness (QED) is 0.813. The third-order valence-electron chi connectivity index (χ3n) is 3.09. The summed E-state index contributed by atoms with van der Waals surface area (Å²) in [4.78, 5) is 0. The van der Waals surface area contributed by atoms with Crippen molar-refractivity contribution in [3.8, 4) is 0 Å². The predicted octanol–water partition coefficient (Wildman–Crippen LogP) is 4.74. The normalized spacial score (nSPS) is 13.2. The Kier molecular flexibility index (Phi) is 4.54. The van der Waals surface area contributed by atoms with E-state index in [1.165, 1.54) is 30.3 Å². The molecule has 0 spiro atoms. The molecule has 0 saturated carbocycles. The lowest BCUT2D eigenvalue weighted by molar-refractivity contribution is -0.137. The fraction of sp³-hybridized carbons (Fsp3) is 0.200. The van der Waals surface area contributed by atoms with E-state index in [1.807, 2.05) is 0 Å². The van der Waals surface area contributed by atoms with Crippen LogP contribution in [0.15, 0.2) is 42.5 Å². The van der Waals surface area contributed by atoms with Gasteiger partial charge in [0.15, 0.2) is 0 Å². The Bertz CT molecular complexity index is 640. The van der Waals surface area contributed by atoms with Gasteiger partial charge in [-0.05, 0) is 47.9 Å². The molecule has 0 aromatic heterocycles. The van der Waals surface area contributed by atoms with Crippen LogP contribution in [-0.2, 0) is 12.6 Å². The maximum atomic E-state index is 13.6. The van der Waals surface area contributed by atoms with Crippen LogP contribution in [0.5, 0.6) is 0 Å². The molecule has 1 atom stereocenters. The van der Waals surface area contributed by atoms with Crippen molar-refractivity contribution >= 4 is 11.6 Å². The molecule has 0 aliphatic heterocycles. The second-order valence-electron chi connectivity index (χ2n) is 4.67. The molecule has 0 saturated heterocycles. The molecule has 1 nitrogen and oxygen atoms in total. The number of nitrogens with two attached hydrogens (primary N) is 1. The van der Waals surface area contributed by atoms with Gasteiger partial charge < -0.3 is 5.73 Å². The summed E-state index contributed by atoms with van der Waals surface area (Å²) in [5.41, 5.74) is 5.67. The Morgan fingerprint density at radius 3 is 2.48 bits per heavy atom. The van der Waals surface area contributed by atoms with E-state index in [0.29, 0.717) is 10.6 Å². The molecular weight excluding hydrogens is 306 g/mol. The van der Waals surface area contributed by atoms with Gasteiger partial charge in [-0.2, -0.15) is 13.2 Å². The summed E-state index contributed by atoms with van der Waals surface area (Å²) in [6.07, 6.45) is -4.37. The van der Waals surface area contributed by atoms with E-state index < -0.39 is 23.6 Å². The van der Waals surface area contributed by atoms with Gasteiger partial charge in [0, 0.05) is 11.1 Å². The van der Waals surface area contributed by atoms with Crippen molar-refractivity contribution < 1.29 is 17.6 Å². The van der Waals surface area contributed by atoms with Crippen molar-refractivity contribution in [1.29, 1.82) is 0 Å². The van der Waals surface area contributed by atoms with E-state index >= 15 is 0 Å². The SMILES string of the molecule is NC(Cc1cc(Cl)ccc1F)c1cccc(C(F)(F)F)c1. The first-order valence-electron chi connectivity index (χ1n) is 6.14. The Morgan fingerprint density at radius 2 is 1.81 bits per heavy atom. The zero-order valence-corrected chi connectivity index (χ0v) is 11.5. The van der Waals surface area contributed by atoms with Gasteiger partial charge in [-0.25, -0.2) is 4.39 Å². The van der Waals surface area contributed by atoms with Gasteiger partial charge >= 0.3 is 6.18 Å². The minimum absolute atomic E-state index is 0.0632. The zero-order valence-electron chi connectivity index (χ0n) is 10.8. The van der Waals surface area contributed by atoms with Crippen molar-refractivity contribution in [2.24, 2.45) is 5.73 Å². The maximum Gasteiger partial charge on any atom is 0.416 e. The summed E-state index contributed by atoms with van der Waals surface area (Å²) in [7, 11) is 0. The molecule has 0 heterocycles. The third-order valence-corrected chi connectivity index (χ3v) is 3.32. The third kappa shape index (κ3) is 3.95. The van der Waals surface area contributed by atoms with Gasteiger partial charge in [0.2, 0.25) is 0 Å². The average Bonchev–Trinajstić information content (AvgIpc) is 2.42. The average molecular weight is 318 g/mol. The molecule has 112 valence electrons. The lowest BCUT2D eigenvalue weighted by Crippen LogP contribution is -2.15. The van der Waals surface area contributed by atoms with E-state index in [-0.39, 0.29) is 12.0 Å². The Balaban J connectivity index is 2.24. The monoisotopic (exact) mass is 317 g/mol. The molecule has 0 amide bonds. The summed E-state index contributed by atoms with van der Waals surface area (Å²) in [5.74, 6) is -0.484. The number of benzene rings is 2. The van der Waals surface area contributed by atoms with Gasteiger partial charge in [-0.1, -0.05) is 23.7 Å². The first kappa shape index (κ1) is 15.8. The van der Waals surface area contributed by atoms with Crippen molar-refractivity contribution in [3.05, 3.63) is 70.0 Å². The largest absolute Gasteiger partial charge is 0.416 e. The van der Waals surface area contributed by atoms with Crippen LogP contribution < -0.4 is 5.73 Å². The van der Waals surface area contributed by atoms with Gasteiger partial charge in [0.1, 0.15) is 5.82 Å². The van der Waals surface area contributed by atoms with Crippen molar-refractivity contribution in [3.63, 3.8) is 0 Å². The van der Waals surface area contributed by atoms with Crippen LogP contribution in [-0.4, -0.2) is 0 Å². The molecule has 0 aliphatic rings. The van der Waals surface area contributed by atoms with E-state index in [1.54, 1.807) is 0 Å².